The van der Waals surface area contributed by atoms with E-state index in [2.05, 4.69) is 0 Å². The quantitative estimate of drug-likeness (QED) is 0.351. The minimum absolute atomic E-state index is 0.0730. The SMILES string of the molecule is B(Oc1cccc(Oc2ccccc2)c1)Oc1cccc(Oc2ccccc2)c1. The van der Waals surface area contributed by atoms with E-state index in [4.69, 9.17) is 18.8 Å². The maximum Gasteiger partial charge on any atom is 0.576 e. The summed E-state index contributed by atoms with van der Waals surface area (Å²) in [6, 6.07) is 34.1. The standard InChI is InChI=1S/C24H19BO4/c1-3-9-19(10-4-1)26-21-13-7-15-23(17-21)28-25-29-24-16-8-14-22(18-24)27-20-11-5-2-6-12-20/h1-18,25H. The molecule has 4 aromatic rings. The van der Waals surface area contributed by atoms with Gasteiger partial charge in [-0.3, -0.25) is 0 Å². The van der Waals surface area contributed by atoms with Gasteiger partial charge in [-0.05, 0) is 48.5 Å². The van der Waals surface area contributed by atoms with Gasteiger partial charge in [-0.25, -0.2) is 0 Å². The molecule has 0 N–H and O–H groups in total. The first-order valence-electron chi connectivity index (χ1n) is 9.27. The molecule has 4 nitrogen and oxygen atoms in total. The Balaban J connectivity index is 1.32. The van der Waals surface area contributed by atoms with Crippen molar-refractivity contribution in [1.82, 2.24) is 0 Å². The molecule has 0 aliphatic carbocycles. The zero-order chi connectivity index (χ0) is 19.7. The molecule has 0 heterocycles. The third-order valence-electron chi connectivity index (χ3n) is 4.02. The zero-order valence-electron chi connectivity index (χ0n) is 15.7. The van der Waals surface area contributed by atoms with Gasteiger partial charge in [0.2, 0.25) is 0 Å². The third kappa shape index (κ3) is 5.56. The van der Waals surface area contributed by atoms with E-state index >= 15 is 0 Å². The Kier molecular flexibility index (Phi) is 5.98. The van der Waals surface area contributed by atoms with Crippen LogP contribution in [0, 0.1) is 0 Å². The summed E-state index contributed by atoms with van der Waals surface area (Å²) in [6.07, 6.45) is 0. The summed E-state index contributed by atoms with van der Waals surface area (Å²) in [7, 11) is 0.0730. The van der Waals surface area contributed by atoms with Crippen LogP contribution < -0.4 is 18.8 Å². The Bertz CT molecular complexity index is 954. The van der Waals surface area contributed by atoms with Crippen LogP contribution in [0.2, 0.25) is 0 Å². The van der Waals surface area contributed by atoms with Gasteiger partial charge in [0.1, 0.15) is 34.5 Å². The minimum atomic E-state index is 0.0730. The van der Waals surface area contributed by atoms with E-state index in [1.807, 2.05) is 109 Å². The van der Waals surface area contributed by atoms with Crippen molar-refractivity contribution in [2.75, 3.05) is 0 Å². The van der Waals surface area contributed by atoms with Crippen molar-refractivity contribution >= 4 is 7.69 Å². The molecule has 0 aromatic heterocycles. The molecule has 0 saturated carbocycles. The van der Waals surface area contributed by atoms with Crippen molar-refractivity contribution < 1.29 is 18.8 Å². The summed E-state index contributed by atoms with van der Waals surface area (Å²) < 4.78 is 23.0. The number of para-hydroxylation sites is 2. The van der Waals surface area contributed by atoms with Crippen molar-refractivity contribution in [2.45, 2.75) is 0 Å². The molecule has 142 valence electrons. The second-order valence-corrected chi connectivity index (χ2v) is 6.19. The molecule has 0 fully saturated rings. The Hall–Kier alpha value is -3.86. The van der Waals surface area contributed by atoms with E-state index in [9.17, 15) is 0 Å². The first kappa shape index (κ1) is 18.5. The minimum Gasteiger partial charge on any atom is -0.528 e. The highest BCUT2D eigenvalue weighted by molar-refractivity contribution is 6.20. The van der Waals surface area contributed by atoms with Crippen LogP contribution in [0.5, 0.6) is 34.5 Å². The molecule has 4 rings (SSSR count). The van der Waals surface area contributed by atoms with Gasteiger partial charge in [0.05, 0.1) is 0 Å². The first-order valence-corrected chi connectivity index (χ1v) is 9.27. The Morgan fingerprint density at radius 2 is 0.759 bits per heavy atom. The fourth-order valence-electron chi connectivity index (χ4n) is 2.67. The molecule has 0 atom stereocenters. The molecule has 0 radical (unpaired) electrons. The Morgan fingerprint density at radius 1 is 0.379 bits per heavy atom. The lowest BCUT2D eigenvalue weighted by atomic mass is 10.2. The number of rotatable bonds is 8. The van der Waals surface area contributed by atoms with Gasteiger partial charge in [-0.15, -0.1) is 0 Å². The van der Waals surface area contributed by atoms with Crippen LogP contribution in [0.3, 0.4) is 0 Å². The average Bonchev–Trinajstić information content (AvgIpc) is 2.76. The number of hydrogen-bond donors (Lipinski definition) is 0. The van der Waals surface area contributed by atoms with Gasteiger partial charge in [0.25, 0.3) is 0 Å². The molecule has 0 aliphatic heterocycles. The van der Waals surface area contributed by atoms with Gasteiger partial charge in [0, 0.05) is 12.1 Å². The molecule has 0 bridgehead atoms. The summed E-state index contributed by atoms with van der Waals surface area (Å²) in [4.78, 5) is 0. The van der Waals surface area contributed by atoms with Crippen LogP contribution >= 0.6 is 0 Å². The van der Waals surface area contributed by atoms with E-state index in [0.717, 1.165) is 11.5 Å². The lowest BCUT2D eigenvalue weighted by Crippen LogP contribution is -2.10. The van der Waals surface area contributed by atoms with E-state index in [1.54, 1.807) is 0 Å². The van der Waals surface area contributed by atoms with Crippen molar-refractivity contribution in [3.05, 3.63) is 109 Å². The van der Waals surface area contributed by atoms with Crippen molar-refractivity contribution in [3.63, 3.8) is 0 Å². The second-order valence-electron chi connectivity index (χ2n) is 6.19. The fourth-order valence-corrected chi connectivity index (χ4v) is 2.67. The number of ether oxygens (including phenoxy) is 2. The molecular weight excluding hydrogens is 363 g/mol. The monoisotopic (exact) mass is 382 g/mol. The summed E-state index contributed by atoms with van der Waals surface area (Å²) in [5, 5.41) is 0. The van der Waals surface area contributed by atoms with Crippen LogP contribution in [-0.2, 0) is 0 Å². The van der Waals surface area contributed by atoms with E-state index in [0.29, 0.717) is 23.0 Å². The van der Waals surface area contributed by atoms with Crippen molar-refractivity contribution in [1.29, 1.82) is 0 Å². The summed E-state index contributed by atoms with van der Waals surface area (Å²) >= 11 is 0. The molecule has 0 amide bonds. The molecule has 5 heteroatoms. The van der Waals surface area contributed by atoms with E-state index < -0.39 is 0 Å². The summed E-state index contributed by atoms with van der Waals surface area (Å²) in [6.45, 7) is 0. The summed E-state index contributed by atoms with van der Waals surface area (Å²) in [5.74, 6) is 4.27. The second kappa shape index (κ2) is 9.37. The maximum atomic E-state index is 5.82. The fraction of sp³-hybridized carbons (Fsp3) is 0. The lowest BCUT2D eigenvalue weighted by molar-refractivity contribution is 0.445. The van der Waals surface area contributed by atoms with Crippen LogP contribution in [0.15, 0.2) is 109 Å². The molecule has 4 aromatic carbocycles. The highest BCUT2D eigenvalue weighted by atomic mass is 16.6. The zero-order valence-corrected chi connectivity index (χ0v) is 15.7. The lowest BCUT2D eigenvalue weighted by Gasteiger charge is -2.11. The van der Waals surface area contributed by atoms with Crippen LogP contribution in [0.1, 0.15) is 0 Å². The normalized spacial score (nSPS) is 10.1. The topological polar surface area (TPSA) is 36.9 Å². The Morgan fingerprint density at radius 3 is 1.21 bits per heavy atom. The van der Waals surface area contributed by atoms with Crippen molar-refractivity contribution in [3.8, 4) is 34.5 Å². The van der Waals surface area contributed by atoms with Crippen molar-refractivity contribution in [2.24, 2.45) is 0 Å². The van der Waals surface area contributed by atoms with Gasteiger partial charge in [-0.2, -0.15) is 0 Å². The molecular formula is C24H19BO4. The van der Waals surface area contributed by atoms with E-state index in [1.165, 1.54) is 0 Å². The predicted octanol–water partition coefficient (Wildman–Crippen LogP) is 6.00. The van der Waals surface area contributed by atoms with Gasteiger partial charge in [0.15, 0.2) is 0 Å². The Labute approximate surface area is 170 Å². The third-order valence-corrected chi connectivity index (χ3v) is 4.02. The summed E-state index contributed by atoms with van der Waals surface area (Å²) in [5.41, 5.74) is 0. The average molecular weight is 382 g/mol. The first-order chi connectivity index (χ1) is 14.3. The van der Waals surface area contributed by atoms with E-state index in [-0.39, 0.29) is 7.69 Å². The van der Waals surface area contributed by atoms with Crippen LogP contribution in [-0.4, -0.2) is 7.69 Å². The smallest absolute Gasteiger partial charge is 0.528 e. The van der Waals surface area contributed by atoms with Crippen LogP contribution in [0.25, 0.3) is 0 Å². The van der Waals surface area contributed by atoms with Crippen LogP contribution in [0.4, 0.5) is 0 Å². The predicted molar refractivity (Wildman–Crippen MR) is 114 cm³/mol. The largest absolute Gasteiger partial charge is 0.576 e. The van der Waals surface area contributed by atoms with Gasteiger partial charge < -0.3 is 18.8 Å². The molecule has 29 heavy (non-hydrogen) atoms. The highest BCUT2D eigenvalue weighted by Gasteiger charge is 2.04. The molecule has 0 unspecified atom stereocenters. The molecule has 0 spiro atoms. The molecule has 0 aliphatic rings. The highest BCUT2D eigenvalue weighted by Crippen LogP contribution is 2.26. The van der Waals surface area contributed by atoms with Gasteiger partial charge in [-0.1, -0.05) is 48.5 Å². The maximum absolute atomic E-state index is 5.82. The molecule has 0 saturated heterocycles. The number of benzene rings is 4. The van der Waals surface area contributed by atoms with Gasteiger partial charge >= 0.3 is 7.69 Å². The number of hydrogen-bond acceptors (Lipinski definition) is 4.